The Kier molecular flexibility index (Phi) is 13.8. The molecule has 0 radical (unpaired) electrons. The molecular formula is C23H44N8O5. The SMILES string of the molecule is CC(C)C[C@H](NC(=O)[C@@H](N)CCCN=C(N)N)C(=O)N[C@@H](CC1CCCC1)C(=O)N[C@@H](CO)C(N)=O. The molecule has 0 aromatic heterocycles. The molecule has 0 unspecified atom stereocenters. The van der Waals surface area contributed by atoms with Gasteiger partial charge in [-0.25, -0.2) is 0 Å². The van der Waals surface area contributed by atoms with Crippen molar-refractivity contribution in [3.63, 3.8) is 0 Å². The maximum atomic E-state index is 13.2. The van der Waals surface area contributed by atoms with Crippen LogP contribution in [0, 0.1) is 11.8 Å². The predicted octanol–water partition coefficient (Wildman–Crippen LogP) is -2.07. The van der Waals surface area contributed by atoms with Gasteiger partial charge in [0.25, 0.3) is 0 Å². The van der Waals surface area contributed by atoms with Crippen LogP contribution in [0.4, 0.5) is 0 Å². The largest absolute Gasteiger partial charge is 0.394 e. The number of hydrogen-bond acceptors (Lipinski definition) is 7. The number of aliphatic imine (C=N–C) groups is 1. The third-order valence-corrected chi connectivity index (χ3v) is 6.16. The predicted molar refractivity (Wildman–Crippen MR) is 136 cm³/mol. The van der Waals surface area contributed by atoms with Gasteiger partial charge in [0.15, 0.2) is 5.96 Å². The Labute approximate surface area is 212 Å². The fraction of sp³-hybridized carbons (Fsp3) is 0.783. The summed E-state index contributed by atoms with van der Waals surface area (Å²) in [5.41, 5.74) is 21.8. The van der Waals surface area contributed by atoms with Gasteiger partial charge in [-0.05, 0) is 37.5 Å². The summed E-state index contributed by atoms with van der Waals surface area (Å²) >= 11 is 0. The number of nitrogens with one attached hydrogen (secondary N) is 3. The number of carbonyl (C=O) groups excluding carboxylic acids is 4. The molecule has 0 aliphatic heterocycles. The average Bonchev–Trinajstić information content (AvgIpc) is 3.31. The van der Waals surface area contributed by atoms with E-state index in [-0.39, 0.29) is 17.8 Å². The fourth-order valence-corrected chi connectivity index (χ4v) is 4.19. The molecule has 12 N–H and O–H groups in total. The third kappa shape index (κ3) is 11.7. The molecule has 1 aliphatic carbocycles. The molecule has 0 saturated heterocycles. The number of guanidine groups is 1. The van der Waals surface area contributed by atoms with Gasteiger partial charge in [0.2, 0.25) is 23.6 Å². The minimum absolute atomic E-state index is 0.0426. The van der Waals surface area contributed by atoms with Gasteiger partial charge < -0.3 is 44.0 Å². The van der Waals surface area contributed by atoms with Crippen LogP contribution in [0.25, 0.3) is 0 Å². The van der Waals surface area contributed by atoms with Crippen molar-refractivity contribution in [3.8, 4) is 0 Å². The van der Waals surface area contributed by atoms with Gasteiger partial charge in [0, 0.05) is 6.54 Å². The molecule has 13 heteroatoms. The molecule has 1 fully saturated rings. The summed E-state index contributed by atoms with van der Waals surface area (Å²) in [6.45, 7) is 3.49. The Hall–Kier alpha value is -2.93. The lowest BCUT2D eigenvalue weighted by Crippen LogP contribution is -2.58. The van der Waals surface area contributed by atoms with Crippen molar-refractivity contribution in [2.75, 3.05) is 13.2 Å². The third-order valence-electron chi connectivity index (χ3n) is 6.16. The van der Waals surface area contributed by atoms with Gasteiger partial charge in [-0.2, -0.15) is 0 Å². The van der Waals surface area contributed by atoms with Crippen LogP contribution in [-0.4, -0.2) is 72.0 Å². The smallest absolute Gasteiger partial charge is 0.243 e. The molecule has 206 valence electrons. The number of aliphatic hydroxyl groups excluding tert-OH is 1. The second-order valence-corrected chi connectivity index (χ2v) is 9.84. The summed E-state index contributed by atoms with van der Waals surface area (Å²) in [5.74, 6) is -2.25. The molecule has 13 nitrogen and oxygen atoms in total. The second-order valence-electron chi connectivity index (χ2n) is 9.84. The van der Waals surface area contributed by atoms with Crippen molar-refractivity contribution in [2.45, 2.75) is 89.4 Å². The number of aliphatic hydroxyl groups is 1. The first-order valence-electron chi connectivity index (χ1n) is 12.6. The van der Waals surface area contributed by atoms with Gasteiger partial charge in [0.1, 0.15) is 18.1 Å². The molecule has 0 aromatic rings. The van der Waals surface area contributed by atoms with Crippen LogP contribution in [0.15, 0.2) is 4.99 Å². The van der Waals surface area contributed by atoms with E-state index >= 15 is 0 Å². The maximum absolute atomic E-state index is 13.2. The Morgan fingerprint density at radius 2 is 1.47 bits per heavy atom. The summed E-state index contributed by atoms with van der Waals surface area (Å²) in [7, 11) is 0. The molecule has 0 spiro atoms. The standard InChI is InChI=1S/C23H44N8O5/c1-13(2)10-16(29-20(34)15(24)8-5-9-28-23(26)27)21(35)30-17(11-14-6-3-4-7-14)22(36)31-18(12-32)19(25)33/h13-18,32H,3-12,24H2,1-2H3,(H2,25,33)(H,29,34)(H,30,35)(H,31,36)(H4,26,27,28)/t15-,16-,17-,18-/m0/s1. The van der Waals surface area contributed by atoms with E-state index in [9.17, 15) is 24.3 Å². The highest BCUT2D eigenvalue weighted by atomic mass is 16.3. The molecule has 1 saturated carbocycles. The summed E-state index contributed by atoms with van der Waals surface area (Å²) in [6, 6.07) is -3.98. The highest BCUT2D eigenvalue weighted by Crippen LogP contribution is 2.28. The van der Waals surface area contributed by atoms with Crippen molar-refractivity contribution in [3.05, 3.63) is 0 Å². The minimum atomic E-state index is -1.26. The van der Waals surface area contributed by atoms with E-state index in [4.69, 9.17) is 22.9 Å². The van der Waals surface area contributed by atoms with Gasteiger partial charge in [-0.15, -0.1) is 0 Å². The number of rotatable bonds is 16. The van der Waals surface area contributed by atoms with Crippen LogP contribution in [0.5, 0.6) is 0 Å². The van der Waals surface area contributed by atoms with Gasteiger partial charge in [-0.3, -0.25) is 24.2 Å². The zero-order valence-corrected chi connectivity index (χ0v) is 21.4. The van der Waals surface area contributed by atoms with E-state index in [0.29, 0.717) is 32.2 Å². The maximum Gasteiger partial charge on any atom is 0.243 e. The van der Waals surface area contributed by atoms with Crippen LogP contribution in [0.3, 0.4) is 0 Å². The van der Waals surface area contributed by atoms with Crippen LogP contribution < -0.4 is 38.9 Å². The van der Waals surface area contributed by atoms with Crippen molar-refractivity contribution in [1.82, 2.24) is 16.0 Å². The van der Waals surface area contributed by atoms with Crippen LogP contribution in [0.1, 0.15) is 65.2 Å². The first-order chi connectivity index (χ1) is 16.9. The van der Waals surface area contributed by atoms with Crippen LogP contribution in [-0.2, 0) is 19.2 Å². The topological polar surface area (TPSA) is 241 Å². The Balaban J connectivity index is 2.89. The van der Waals surface area contributed by atoms with E-state index < -0.39 is 54.4 Å². The normalized spacial score (nSPS) is 17.0. The molecular weight excluding hydrogens is 468 g/mol. The lowest BCUT2D eigenvalue weighted by Gasteiger charge is -2.27. The molecule has 0 heterocycles. The van der Waals surface area contributed by atoms with Crippen LogP contribution >= 0.6 is 0 Å². The summed E-state index contributed by atoms with van der Waals surface area (Å²) in [6.07, 6.45) is 5.46. The lowest BCUT2D eigenvalue weighted by atomic mass is 9.96. The molecule has 4 amide bonds. The van der Waals surface area contributed by atoms with E-state index in [0.717, 1.165) is 25.7 Å². The molecule has 0 aromatic carbocycles. The zero-order valence-electron chi connectivity index (χ0n) is 21.4. The van der Waals surface area contributed by atoms with Gasteiger partial charge in [0.05, 0.1) is 12.6 Å². The quantitative estimate of drug-likeness (QED) is 0.0647. The van der Waals surface area contributed by atoms with Crippen molar-refractivity contribution >= 4 is 29.6 Å². The fourth-order valence-electron chi connectivity index (χ4n) is 4.19. The van der Waals surface area contributed by atoms with Crippen molar-refractivity contribution in [2.24, 2.45) is 39.8 Å². The monoisotopic (exact) mass is 512 g/mol. The van der Waals surface area contributed by atoms with Crippen molar-refractivity contribution in [1.29, 1.82) is 0 Å². The van der Waals surface area contributed by atoms with Crippen LogP contribution in [0.2, 0.25) is 0 Å². The van der Waals surface area contributed by atoms with Crippen molar-refractivity contribution < 1.29 is 24.3 Å². The first-order valence-corrected chi connectivity index (χ1v) is 12.6. The molecule has 1 rings (SSSR count). The average molecular weight is 513 g/mol. The van der Waals surface area contributed by atoms with E-state index in [2.05, 4.69) is 20.9 Å². The minimum Gasteiger partial charge on any atom is -0.394 e. The second kappa shape index (κ2) is 15.9. The number of primary amides is 1. The van der Waals surface area contributed by atoms with E-state index in [1.807, 2.05) is 13.8 Å². The number of amides is 4. The highest BCUT2D eigenvalue weighted by Gasteiger charge is 2.32. The summed E-state index contributed by atoms with van der Waals surface area (Å²) < 4.78 is 0. The molecule has 1 aliphatic rings. The lowest BCUT2D eigenvalue weighted by molar-refractivity contribution is -0.134. The van der Waals surface area contributed by atoms with Gasteiger partial charge in [-0.1, -0.05) is 39.5 Å². The Morgan fingerprint density at radius 3 is 2.00 bits per heavy atom. The summed E-state index contributed by atoms with van der Waals surface area (Å²) in [4.78, 5) is 54.1. The summed E-state index contributed by atoms with van der Waals surface area (Å²) in [5, 5.41) is 17.2. The van der Waals surface area contributed by atoms with E-state index in [1.54, 1.807) is 0 Å². The Morgan fingerprint density at radius 1 is 0.917 bits per heavy atom. The highest BCUT2D eigenvalue weighted by molar-refractivity contribution is 5.94. The first kappa shape index (κ1) is 31.1. The Bertz CT molecular complexity index is 766. The number of nitrogens with two attached hydrogens (primary N) is 4. The van der Waals surface area contributed by atoms with Gasteiger partial charge >= 0.3 is 0 Å². The zero-order chi connectivity index (χ0) is 27.3. The van der Waals surface area contributed by atoms with E-state index in [1.165, 1.54) is 0 Å². The number of carbonyl (C=O) groups is 4. The number of nitrogens with zero attached hydrogens (tertiary/aromatic N) is 1. The molecule has 0 bridgehead atoms. The molecule has 36 heavy (non-hydrogen) atoms. The number of hydrogen-bond donors (Lipinski definition) is 8. The molecule has 4 atom stereocenters.